The van der Waals surface area contributed by atoms with Crippen LogP contribution >= 0.6 is 0 Å². The number of nitrogens with zero attached hydrogens (tertiary/aromatic N) is 1. The minimum absolute atomic E-state index is 0.0272. The summed E-state index contributed by atoms with van der Waals surface area (Å²) in [6.45, 7) is 17.1. The van der Waals surface area contributed by atoms with Crippen molar-refractivity contribution in [1.29, 1.82) is 0 Å². The third-order valence-electron chi connectivity index (χ3n) is 11.4. The van der Waals surface area contributed by atoms with Gasteiger partial charge in [0.1, 0.15) is 12.1 Å². The molecule has 13 nitrogen and oxygen atoms in total. The lowest BCUT2D eigenvalue weighted by Gasteiger charge is -2.43. The average molecular weight is 710 g/mol. The number of piperidine rings is 1. The van der Waals surface area contributed by atoms with Crippen molar-refractivity contribution in [3.05, 3.63) is 0 Å². The molecule has 2 aliphatic heterocycles. The van der Waals surface area contributed by atoms with E-state index in [9.17, 15) is 32.4 Å². The number of carbonyl (C=O) groups excluding carboxylic acids is 5. The molecule has 49 heavy (non-hydrogen) atoms. The Kier molecular flexibility index (Phi) is 11.2. The Labute approximate surface area is 292 Å². The highest BCUT2D eigenvalue weighted by molar-refractivity contribution is 7.93. The minimum Gasteiger partial charge on any atom is -0.358 e. The molecule has 4 fully saturated rings. The molecule has 0 aromatic carbocycles. The van der Waals surface area contributed by atoms with Crippen molar-refractivity contribution in [1.82, 2.24) is 26.2 Å². The molecule has 0 spiro atoms. The van der Waals surface area contributed by atoms with E-state index in [1.807, 2.05) is 27.7 Å². The van der Waals surface area contributed by atoms with Gasteiger partial charge in [-0.05, 0) is 62.7 Å². The smallest absolute Gasteiger partial charge is 0.316 e. The van der Waals surface area contributed by atoms with E-state index in [1.54, 1.807) is 20.8 Å². The van der Waals surface area contributed by atoms with Crippen molar-refractivity contribution >= 4 is 39.4 Å². The number of unbranched alkanes of at least 4 members (excludes halogenated alkanes) is 1. The molecule has 278 valence electrons. The maximum Gasteiger partial charge on any atom is 0.316 e. The van der Waals surface area contributed by atoms with Gasteiger partial charge >= 0.3 is 6.03 Å². The summed E-state index contributed by atoms with van der Waals surface area (Å²) >= 11 is 0. The van der Waals surface area contributed by atoms with Crippen molar-refractivity contribution in [3.8, 4) is 0 Å². The third kappa shape index (κ3) is 7.50. The lowest BCUT2D eigenvalue weighted by Crippen LogP contribution is -2.65. The van der Waals surface area contributed by atoms with Crippen LogP contribution in [0.3, 0.4) is 0 Å². The maximum absolute atomic E-state index is 14.5. The van der Waals surface area contributed by atoms with Gasteiger partial charge in [0.15, 0.2) is 15.3 Å². The fourth-order valence-electron chi connectivity index (χ4n) is 8.16. The first-order chi connectivity index (χ1) is 22.7. The maximum atomic E-state index is 14.5. The number of ether oxygens (including phenoxy) is 1. The highest BCUT2D eigenvalue weighted by Crippen LogP contribution is 2.65. The number of fused-ring (bicyclic) bond motifs is 1. The fraction of sp³-hybridized carbons (Fsp3) is 0.857. The van der Waals surface area contributed by atoms with E-state index in [-0.39, 0.29) is 30.4 Å². The quantitative estimate of drug-likeness (QED) is 0.223. The molecular weight excluding hydrogens is 650 g/mol. The summed E-state index contributed by atoms with van der Waals surface area (Å²) in [5.41, 5.74) is -3.34. The lowest BCUT2D eigenvalue weighted by atomic mass is 9.82. The van der Waals surface area contributed by atoms with Gasteiger partial charge in [-0.1, -0.05) is 73.6 Å². The molecule has 0 radical (unpaired) electrons. The standard InChI is InChI=1S/C35H59N5O8S/c1-10-12-16-22(25(41)28(43)36-11-2)37-27(42)24-23-21(34(23,8)9)19-40(24)29(44)26(32(3,4)5)38-31(45)39-35(17-14-13-15-18-35)30-48-20-33(6,7)49(30,46)47/h21-24,26,30H,10-20H2,1-9H3,(H,36,43)(H,37,42)(H2,38,39,45)/t21-,22-,23?,24-,26+,30+/m0/s1. The number of amides is 5. The summed E-state index contributed by atoms with van der Waals surface area (Å²) in [5, 5.41) is 11.2. The molecule has 2 saturated heterocycles. The Morgan fingerprint density at radius 3 is 2.12 bits per heavy atom. The molecule has 2 heterocycles. The minimum atomic E-state index is -3.75. The van der Waals surface area contributed by atoms with Gasteiger partial charge in [-0.15, -0.1) is 0 Å². The van der Waals surface area contributed by atoms with Gasteiger partial charge in [0.2, 0.25) is 17.6 Å². The van der Waals surface area contributed by atoms with Gasteiger partial charge in [-0.25, -0.2) is 13.2 Å². The molecule has 0 bridgehead atoms. The Morgan fingerprint density at radius 2 is 1.59 bits per heavy atom. The zero-order chi connectivity index (χ0) is 36.7. The normalized spacial score (nSPS) is 28.8. The van der Waals surface area contributed by atoms with E-state index in [0.717, 1.165) is 25.7 Å². The van der Waals surface area contributed by atoms with E-state index in [1.165, 1.54) is 4.90 Å². The summed E-state index contributed by atoms with van der Waals surface area (Å²) in [7, 11) is -3.75. The second-order valence-electron chi connectivity index (χ2n) is 16.9. The molecule has 4 rings (SSSR count). The van der Waals surface area contributed by atoms with Gasteiger partial charge < -0.3 is 30.9 Å². The van der Waals surface area contributed by atoms with Crippen LogP contribution in [-0.4, -0.2) is 96.4 Å². The van der Waals surface area contributed by atoms with Crippen LogP contribution in [0.2, 0.25) is 0 Å². The highest BCUT2D eigenvalue weighted by Gasteiger charge is 2.70. The predicted molar refractivity (Wildman–Crippen MR) is 185 cm³/mol. The molecule has 4 N–H and O–H groups in total. The number of Topliss-reactive ketones (excluding diaryl/α,β-unsaturated/α-hetero) is 1. The fourth-order valence-corrected chi connectivity index (χ4v) is 10.1. The number of nitrogens with one attached hydrogen (secondary N) is 4. The van der Waals surface area contributed by atoms with Gasteiger partial charge in [0, 0.05) is 13.1 Å². The first-order valence-electron chi connectivity index (χ1n) is 18.0. The molecule has 4 aliphatic rings. The number of hydrogen-bond donors (Lipinski definition) is 4. The molecular formula is C35H59N5O8S. The van der Waals surface area contributed by atoms with Crippen molar-refractivity contribution < 1.29 is 37.1 Å². The molecule has 2 saturated carbocycles. The monoisotopic (exact) mass is 709 g/mol. The number of urea groups is 1. The van der Waals surface area contributed by atoms with Crippen LogP contribution in [0, 0.1) is 22.7 Å². The van der Waals surface area contributed by atoms with Crippen molar-refractivity contribution in [2.24, 2.45) is 22.7 Å². The predicted octanol–water partition coefficient (Wildman–Crippen LogP) is 2.82. The highest BCUT2D eigenvalue weighted by atomic mass is 32.2. The number of rotatable bonds is 12. The van der Waals surface area contributed by atoms with E-state index >= 15 is 0 Å². The zero-order valence-electron chi connectivity index (χ0n) is 30.9. The van der Waals surface area contributed by atoms with Crippen LogP contribution in [0.1, 0.15) is 114 Å². The number of sulfone groups is 1. The largest absolute Gasteiger partial charge is 0.358 e. The van der Waals surface area contributed by atoms with Crippen LogP contribution in [0.4, 0.5) is 4.79 Å². The molecule has 6 atom stereocenters. The van der Waals surface area contributed by atoms with E-state index in [2.05, 4.69) is 35.1 Å². The van der Waals surface area contributed by atoms with Crippen LogP contribution < -0.4 is 21.3 Å². The second kappa shape index (κ2) is 14.1. The molecule has 0 aromatic rings. The van der Waals surface area contributed by atoms with Gasteiger partial charge in [-0.2, -0.15) is 0 Å². The first-order valence-corrected chi connectivity index (χ1v) is 19.6. The second-order valence-corrected chi connectivity index (χ2v) is 19.5. The van der Waals surface area contributed by atoms with Gasteiger partial charge in [-0.3, -0.25) is 19.2 Å². The van der Waals surface area contributed by atoms with Crippen molar-refractivity contribution in [3.63, 3.8) is 0 Å². The van der Waals surface area contributed by atoms with Crippen molar-refractivity contribution in [2.75, 3.05) is 19.7 Å². The number of likely N-dealkylation sites (N-methyl/N-ethyl adjacent to an activating group) is 1. The summed E-state index contributed by atoms with van der Waals surface area (Å²) in [6, 6.07) is -3.65. The molecule has 0 aromatic heterocycles. The van der Waals surface area contributed by atoms with Gasteiger partial charge in [0.05, 0.1) is 22.9 Å². The molecule has 1 unspecified atom stereocenters. The van der Waals surface area contributed by atoms with Crippen LogP contribution in [0.5, 0.6) is 0 Å². The summed E-state index contributed by atoms with van der Waals surface area (Å²) in [5.74, 6) is -2.51. The molecule has 5 amide bonds. The van der Waals surface area contributed by atoms with Crippen LogP contribution in [-0.2, 0) is 33.8 Å². The first kappa shape index (κ1) is 39.1. The number of likely N-dealkylation sites (tertiary alicyclic amines) is 1. The average Bonchev–Trinajstić information content (AvgIpc) is 3.27. The Bertz CT molecular complexity index is 1410. The van der Waals surface area contributed by atoms with Crippen molar-refractivity contribution in [2.45, 2.75) is 148 Å². The summed E-state index contributed by atoms with van der Waals surface area (Å²) < 4.78 is 31.9. The lowest BCUT2D eigenvalue weighted by molar-refractivity contribution is -0.145. The van der Waals surface area contributed by atoms with Crippen LogP contribution in [0.25, 0.3) is 0 Å². The van der Waals surface area contributed by atoms with Crippen LogP contribution in [0.15, 0.2) is 0 Å². The number of hydrogen-bond acceptors (Lipinski definition) is 8. The third-order valence-corrected chi connectivity index (χ3v) is 14.2. The topological polar surface area (TPSA) is 180 Å². The Hall–Kier alpha value is -2.74. The Balaban J connectivity index is 1.57. The number of carbonyl (C=O) groups is 5. The van der Waals surface area contributed by atoms with E-state index in [0.29, 0.717) is 32.2 Å². The zero-order valence-corrected chi connectivity index (χ0v) is 31.7. The van der Waals surface area contributed by atoms with Gasteiger partial charge in [0.25, 0.3) is 5.91 Å². The summed E-state index contributed by atoms with van der Waals surface area (Å²) in [4.78, 5) is 69.4. The summed E-state index contributed by atoms with van der Waals surface area (Å²) in [6.07, 6.45) is 4.89. The Morgan fingerprint density at radius 1 is 0.959 bits per heavy atom. The molecule has 2 aliphatic carbocycles. The van der Waals surface area contributed by atoms with E-state index in [4.69, 9.17) is 4.74 Å². The number of ketones is 1. The molecule has 14 heteroatoms. The van der Waals surface area contributed by atoms with E-state index < -0.39 is 78.6 Å². The SMILES string of the molecule is CCCC[C@H](NC(=O)[C@@H]1C2[C@H](CN1C(=O)[C@@H](NC(=O)NC1([C@@H]3OCC(C)(C)S3(=O)=O)CCCCC1)C(C)(C)C)C2(C)C)C(=O)C(=O)NCC.